The number of unbranched alkanes of at least 4 members (excludes halogenated alkanes) is 19. The molecule has 0 aliphatic rings. The molecule has 0 heterocycles. The number of carbonyl (C=O) groups is 3. The number of esters is 3. The molecule has 0 aromatic rings. The SMILES string of the molecule is CC/C=C\C/C=C\C/C=C\C/C=C\C/C=C\C/C=C\C/C=C\CCCCCCCCCCCC(=O)OCC(COC(=O)CCCCCCCC)OC(=O)CCCCCCC/C=C\C/C=C\C/C=C\C/C=C\C/C=C\C/C=C\C/C=C\CC. The highest BCUT2D eigenvalue weighted by Crippen LogP contribution is 2.14. The Kier molecular flexibility index (Phi) is 63.9. The Labute approximate surface area is 504 Å². The molecule has 0 saturated heterocycles. The van der Waals surface area contributed by atoms with Crippen LogP contribution in [0.25, 0.3) is 0 Å². The summed E-state index contributed by atoms with van der Waals surface area (Å²) in [7, 11) is 0. The fourth-order valence-corrected chi connectivity index (χ4v) is 8.58. The Balaban J connectivity index is 4.19. The van der Waals surface area contributed by atoms with Gasteiger partial charge in [0, 0.05) is 19.3 Å². The lowest BCUT2D eigenvalue weighted by Gasteiger charge is -2.18. The predicted molar refractivity (Wildman–Crippen MR) is 357 cm³/mol. The predicted octanol–water partition coefficient (Wildman–Crippen LogP) is 23.0. The number of hydrogen-bond acceptors (Lipinski definition) is 6. The Hall–Kier alpha value is -5.23. The van der Waals surface area contributed by atoms with Crippen molar-refractivity contribution in [1.82, 2.24) is 0 Å². The Morgan fingerprint density at radius 3 is 0.744 bits per heavy atom. The van der Waals surface area contributed by atoms with Gasteiger partial charge in [0.15, 0.2) is 6.10 Å². The minimum absolute atomic E-state index is 0.0942. The molecule has 1 atom stereocenters. The maximum atomic E-state index is 12.9. The van der Waals surface area contributed by atoms with Crippen LogP contribution < -0.4 is 0 Å². The molecule has 0 aromatic heterocycles. The second-order valence-corrected chi connectivity index (χ2v) is 21.3. The fraction of sp³-hybridized carbons (Fsp3) is 0.592. The second kappa shape index (κ2) is 68.3. The summed E-state index contributed by atoms with van der Waals surface area (Å²) in [5.41, 5.74) is 0. The second-order valence-electron chi connectivity index (χ2n) is 21.3. The standard InChI is InChI=1S/C76H120O6/c1-4-7-10-13-16-18-20-22-24-26-28-30-32-34-36-37-38-39-41-42-44-46-48-50-52-54-56-58-60-63-66-69-75(78)81-72-73(71-80-74(77)68-65-62-15-12-9-6-3)82-76(79)70-67-64-61-59-57-55-53-51-49-47-45-43-40-35-33-31-29-27-25-23-21-19-17-14-11-8-5-2/h7-8,10-11,16-19,22-25,28-31,34-36,38-40,42,44-45,47,51,53,73H,4-6,9,12-15,20-21,26-27,32-33,37,41,43,46,48-50,52,54-72H2,1-3H3/b10-7-,11-8-,18-16-,19-17-,24-22-,25-23-,30-28-,31-29-,36-34-,39-38-,40-35-,44-42-,47-45-,53-51-. The highest BCUT2D eigenvalue weighted by molar-refractivity contribution is 5.71. The van der Waals surface area contributed by atoms with Crippen LogP contribution in [0.4, 0.5) is 0 Å². The average Bonchev–Trinajstić information content (AvgIpc) is 3.47. The molecule has 0 spiro atoms. The zero-order chi connectivity index (χ0) is 59.2. The van der Waals surface area contributed by atoms with Gasteiger partial charge in [-0.1, -0.05) is 287 Å². The van der Waals surface area contributed by atoms with E-state index in [0.29, 0.717) is 19.3 Å². The summed E-state index contributed by atoms with van der Waals surface area (Å²) in [5.74, 6) is -0.934. The van der Waals surface area contributed by atoms with E-state index in [2.05, 4.69) is 191 Å². The Morgan fingerprint density at radius 1 is 0.256 bits per heavy atom. The van der Waals surface area contributed by atoms with E-state index in [1.807, 2.05) is 0 Å². The summed E-state index contributed by atoms with van der Waals surface area (Å²) in [5, 5.41) is 0. The minimum atomic E-state index is -0.797. The quantitative estimate of drug-likeness (QED) is 0.0261. The number of hydrogen-bond donors (Lipinski definition) is 0. The molecule has 0 aliphatic heterocycles. The zero-order valence-corrected chi connectivity index (χ0v) is 52.7. The van der Waals surface area contributed by atoms with Crippen molar-refractivity contribution in [2.75, 3.05) is 13.2 Å². The molecule has 0 bridgehead atoms. The first kappa shape index (κ1) is 76.8. The van der Waals surface area contributed by atoms with Crippen LogP contribution in [-0.4, -0.2) is 37.2 Å². The van der Waals surface area contributed by atoms with Crippen molar-refractivity contribution < 1.29 is 28.6 Å². The van der Waals surface area contributed by atoms with E-state index in [1.54, 1.807) is 0 Å². The number of carbonyl (C=O) groups excluding carboxylic acids is 3. The molecule has 0 radical (unpaired) electrons. The lowest BCUT2D eigenvalue weighted by atomic mass is 10.1. The lowest BCUT2D eigenvalue weighted by molar-refractivity contribution is -0.167. The van der Waals surface area contributed by atoms with Gasteiger partial charge >= 0.3 is 17.9 Å². The molecular formula is C76H120O6. The van der Waals surface area contributed by atoms with E-state index in [-0.39, 0.29) is 31.1 Å². The highest BCUT2D eigenvalue weighted by Gasteiger charge is 2.19. The van der Waals surface area contributed by atoms with Crippen LogP contribution in [0.15, 0.2) is 170 Å². The maximum Gasteiger partial charge on any atom is 0.306 e. The van der Waals surface area contributed by atoms with Gasteiger partial charge in [0.1, 0.15) is 13.2 Å². The largest absolute Gasteiger partial charge is 0.462 e. The molecule has 1 unspecified atom stereocenters. The first-order valence-corrected chi connectivity index (χ1v) is 33.1. The van der Waals surface area contributed by atoms with E-state index < -0.39 is 6.10 Å². The van der Waals surface area contributed by atoms with Crippen LogP contribution in [0, 0.1) is 0 Å². The third-order valence-electron chi connectivity index (χ3n) is 13.5. The summed E-state index contributed by atoms with van der Waals surface area (Å²) in [6, 6.07) is 0. The number of rotatable bonds is 58. The monoisotopic (exact) mass is 1130 g/mol. The van der Waals surface area contributed by atoms with Gasteiger partial charge in [-0.15, -0.1) is 0 Å². The van der Waals surface area contributed by atoms with Crippen molar-refractivity contribution in [2.45, 2.75) is 277 Å². The van der Waals surface area contributed by atoms with Crippen LogP contribution >= 0.6 is 0 Å². The summed E-state index contributed by atoms with van der Waals surface area (Å²) in [6.07, 6.45) is 101. The number of allylic oxidation sites excluding steroid dienone is 28. The van der Waals surface area contributed by atoms with Crippen molar-refractivity contribution in [3.8, 4) is 0 Å². The third kappa shape index (κ3) is 65.6. The minimum Gasteiger partial charge on any atom is -0.462 e. The average molecular weight is 1130 g/mol. The molecule has 0 aromatic carbocycles. The van der Waals surface area contributed by atoms with Gasteiger partial charge in [0.2, 0.25) is 0 Å². The van der Waals surface area contributed by atoms with Crippen LogP contribution in [0.2, 0.25) is 0 Å². The van der Waals surface area contributed by atoms with Gasteiger partial charge in [-0.3, -0.25) is 14.4 Å². The summed E-state index contributed by atoms with van der Waals surface area (Å²) in [6.45, 7) is 6.32. The van der Waals surface area contributed by atoms with Crippen molar-refractivity contribution in [1.29, 1.82) is 0 Å². The van der Waals surface area contributed by atoms with Crippen LogP contribution in [0.5, 0.6) is 0 Å². The molecule has 0 amide bonds. The highest BCUT2D eigenvalue weighted by atomic mass is 16.6. The van der Waals surface area contributed by atoms with Crippen LogP contribution in [0.1, 0.15) is 271 Å². The molecule has 0 N–H and O–H groups in total. The van der Waals surface area contributed by atoms with Gasteiger partial charge in [-0.25, -0.2) is 0 Å². The molecule has 460 valence electrons. The fourth-order valence-electron chi connectivity index (χ4n) is 8.58. The van der Waals surface area contributed by atoms with Gasteiger partial charge in [-0.2, -0.15) is 0 Å². The van der Waals surface area contributed by atoms with Gasteiger partial charge in [-0.05, 0) is 135 Å². The normalized spacial score (nSPS) is 13.3. The lowest BCUT2D eigenvalue weighted by Crippen LogP contribution is -2.30. The maximum absolute atomic E-state index is 12.9. The smallest absolute Gasteiger partial charge is 0.306 e. The molecule has 0 fully saturated rings. The molecule has 0 aliphatic carbocycles. The summed E-state index contributed by atoms with van der Waals surface area (Å²) in [4.78, 5) is 38.1. The summed E-state index contributed by atoms with van der Waals surface area (Å²) >= 11 is 0. The first-order chi connectivity index (χ1) is 40.5. The van der Waals surface area contributed by atoms with Crippen molar-refractivity contribution in [2.24, 2.45) is 0 Å². The first-order valence-electron chi connectivity index (χ1n) is 33.1. The topological polar surface area (TPSA) is 78.9 Å². The van der Waals surface area contributed by atoms with E-state index in [9.17, 15) is 14.4 Å². The molecule has 0 saturated carbocycles. The van der Waals surface area contributed by atoms with Gasteiger partial charge in [0.05, 0.1) is 0 Å². The Morgan fingerprint density at radius 2 is 0.476 bits per heavy atom. The van der Waals surface area contributed by atoms with E-state index >= 15 is 0 Å². The Bertz CT molecular complexity index is 1870. The van der Waals surface area contributed by atoms with E-state index in [4.69, 9.17) is 14.2 Å². The molecular weight excluding hydrogens is 1010 g/mol. The van der Waals surface area contributed by atoms with Gasteiger partial charge in [0.25, 0.3) is 0 Å². The molecule has 6 nitrogen and oxygen atoms in total. The molecule has 82 heavy (non-hydrogen) atoms. The zero-order valence-electron chi connectivity index (χ0n) is 52.7. The van der Waals surface area contributed by atoms with Gasteiger partial charge < -0.3 is 14.2 Å². The van der Waals surface area contributed by atoms with Crippen LogP contribution in [-0.2, 0) is 28.6 Å². The van der Waals surface area contributed by atoms with Crippen molar-refractivity contribution in [3.05, 3.63) is 170 Å². The molecule has 0 rings (SSSR count). The summed E-state index contributed by atoms with van der Waals surface area (Å²) < 4.78 is 16.8. The van der Waals surface area contributed by atoms with Crippen molar-refractivity contribution in [3.63, 3.8) is 0 Å². The number of ether oxygens (including phenoxy) is 3. The van der Waals surface area contributed by atoms with E-state index in [1.165, 1.54) is 57.8 Å². The third-order valence-corrected chi connectivity index (χ3v) is 13.5. The van der Waals surface area contributed by atoms with Crippen molar-refractivity contribution >= 4 is 17.9 Å². The van der Waals surface area contributed by atoms with E-state index in [0.717, 1.165) is 173 Å². The van der Waals surface area contributed by atoms with Crippen LogP contribution in [0.3, 0.4) is 0 Å². The molecule has 6 heteroatoms.